The highest BCUT2D eigenvalue weighted by molar-refractivity contribution is 7.99. The van der Waals surface area contributed by atoms with Gasteiger partial charge in [-0.15, -0.1) is 5.10 Å². The van der Waals surface area contributed by atoms with Gasteiger partial charge in [0.2, 0.25) is 5.16 Å². The van der Waals surface area contributed by atoms with E-state index in [2.05, 4.69) is 15.1 Å². The predicted molar refractivity (Wildman–Crippen MR) is 100 cm³/mol. The predicted octanol–water partition coefficient (Wildman–Crippen LogP) is 4.21. The summed E-state index contributed by atoms with van der Waals surface area (Å²) in [7, 11) is 0. The maximum atomic E-state index is 13.1. The fourth-order valence-electron chi connectivity index (χ4n) is 2.77. The first-order chi connectivity index (χ1) is 13.3. The molecular formula is C17H11ClF3N5OS. The molecular weight excluding hydrogens is 415 g/mol. The molecule has 4 aromatic rings. The minimum atomic E-state index is -4.63. The molecule has 0 fully saturated rings. The molecule has 0 saturated carbocycles. The van der Waals surface area contributed by atoms with E-state index in [1.165, 1.54) is 34.7 Å². The third-order valence-electron chi connectivity index (χ3n) is 4.02. The number of fused-ring (bicyclic) bond motifs is 3. The van der Waals surface area contributed by atoms with E-state index in [9.17, 15) is 18.0 Å². The number of halogens is 4. The Balaban J connectivity index is 1.91. The Morgan fingerprint density at radius 2 is 2.04 bits per heavy atom. The van der Waals surface area contributed by atoms with Gasteiger partial charge in [0.15, 0.2) is 0 Å². The molecule has 0 radical (unpaired) electrons. The van der Waals surface area contributed by atoms with Gasteiger partial charge in [-0.25, -0.2) is 4.98 Å². The molecule has 11 heteroatoms. The summed E-state index contributed by atoms with van der Waals surface area (Å²) in [6, 6.07) is 4.89. The van der Waals surface area contributed by atoms with Gasteiger partial charge < -0.3 is 0 Å². The zero-order valence-electron chi connectivity index (χ0n) is 14.2. The highest BCUT2D eigenvalue weighted by atomic mass is 35.5. The normalized spacial score (nSPS) is 12.2. The van der Waals surface area contributed by atoms with Crippen molar-refractivity contribution < 1.29 is 13.2 Å². The van der Waals surface area contributed by atoms with Crippen molar-refractivity contribution >= 4 is 40.0 Å². The van der Waals surface area contributed by atoms with Crippen LogP contribution in [0.3, 0.4) is 0 Å². The molecule has 3 aromatic heterocycles. The molecule has 0 aliphatic carbocycles. The first-order valence-corrected chi connectivity index (χ1v) is 9.43. The van der Waals surface area contributed by atoms with Gasteiger partial charge in [0.1, 0.15) is 0 Å². The van der Waals surface area contributed by atoms with Crippen LogP contribution in [0.4, 0.5) is 13.2 Å². The van der Waals surface area contributed by atoms with Gasteiger partial charge in [0.05, 0.1) is 21.5 Å². The van der Waals surface area contributed by atoms with E-state index in [0.29, 0.717) is 16.5 Å². The monoisotopic (exact) mass is 425 g/mol. The zero-order valence-corrected chi connectivity index (χ0v) is 15.8. The molecule has 0 N–H and O–H groups in total. The highest BCUT2D eigenvalue weighted by Crippen LogP contribution is 2.35. The Labute approximate surface area is 165 Å². The molecule has 0 aliphatic heterocycles. The van der Waals surface area contributed by atoms with E-state index in [1.54, 1.807) is 6.07 Å². The number of pyridine rings is 1. The second-order valence-electron chi connectivity index (χ2n) is 5.75. The number of alkyl halides is 3. The molecule has 0 amide bonds. The molecule has 28 heavy (non-hydrogen) atoms. The molecule has 144 valence electrons. The lowest BCUT2D eigenvalue weighted by molar-refractivity contribution is -0.137. The average Bonchev–Trinajstić information content (AvgIpc) is 3.05. The molecule has 0 bridgehead atoms. The molecule has 0 unspecified atom stereocenters. The van der Waals surface area contributed by atoms with E-state index < -0.39 is 22.3 Å². The average molecular weight is 426 g/mol. The van der Waals surface area contributed by atoms with Crippen LogP contribution in [0.25, 0.3) is 22.4 Å². The van der Waals surface area contributed by atoms with Crippen molar-refractivity contribution in [2.45, 2.75) is 18.3 Å². The lowest BCUT2D eigenvalue weighted by Gasteiger charge is -2.13. The van der Waals surface area contributed by atoms with Gasteiger partial charge >= 0.3 is 6.18 Å². The number of hydrogen-bond acceptors (Lipinski definition) is 5. The standard InChI is InChI=1S/C17H11ClF3N5OS/c1-2-28-16-23-15-22-8-10-13(26(15)24-16)5-6-25(14(10)27)9-3-4-12(18)11(7-9)17(19,20)21/h3-8H,2H2,1H3. The highest BCUT2D eigenvalue weighted by Gasteiger charge is 2.33. The number of thioether (sulfide) groups is 1. The van der Waals surface area contributed by atoms with Gasteiger partial charge in [0.25, 0.3) is 11.3 Å². The van der Waals surface area contributed by atoms with Crippen molar-refractivity contribution in [1.29, 1.82) is 0 Å². The summed E-state index contributed by atoms with van der Waals surface area (Å²) in [5.74, 6) is 1.12. The summed E-state index contributed by atoms with van der Waals surface area (Å²) in [5, 5.41) is 4.62. The third kappa shape index (κ3) is 3.12. The maximum Gasteiger partial charge on any atom is 0.417 e. The van der Waals surface area contributed by atoms with Crippen LogP contribution in [0.5, 0.6) is 0 Å². The van der Waals surface area contributed by atoms with Crippen molar-refractivity contribution in [3.05, 3.63) is 57.6 Å². The van der Waals surface area contributed by atoms with E-state index in [4.69, 9.17) is 11.6 Å². The van der Waals surface area contributed by atoms with Crippen LogP contribution in [0.1, 0.15) is 12.5 Å². The smallest absolute Gasteiger partial charge is 0.284 e. The number of rotatable bonds is 3. The number of hydrogen-bond donors (Lipinski definition) is 0. The molecule has 0 aliphatic rings. The number of benzene rings is 1. The van der Waals surface area contributed by atoms with Crippen molar-refractivity contribution in [2.75, 3.05) is 5.75 Å². The summed E-state index contributed by atoms with van der Waals surface area (Å²) in [5.41, 5.74) is -1.02. The molecule has 0 atom stereocenters. The molecule has 0 spiro atoms. The second-order valence-corrected chi connectivity index (χ2v) is 7.39. The SMILES string of the molecule is CCSc1nc2ncc3c(=O)n(-c4ccc(Cl)c(C(F)(F)F)c4)ccc3n2n1. The fraction of sp³-hybridized carbons (Fsp3) is 0.176. The van der Waals surface area contributed by atoms with Crippen LogP contribution < -0.4 is 5.56 Å². The zero-order chi connectivity index (χ0) is 20.1. The largest absolute Gasteiger partial charge is 0.417 e. The lowest BCUT2D eigenvalue weighted by atomic mass is 10.2. The summed E-state index contributed by atoms with van der Waals surface area (Å²) in [4.78, 5) is 21.3. The Hall–Kier alpha value is -2.59. The summed E-state index contributed by atoms with van der Waals surface area (Å²) >= 11 is 7.09. The third-order valence-corrected chi connectivity index (χ3v) is 5.07. The minimum absolute atomic E-state index is 0.0459. The van der Waals surface area contributed by atoms with Crippen LogP contribution in [-0.4, -0.2) is 29.9 Å². The van der Waals surface area contributed by atoms with Crippen LogP contribution >= 0.6 is 23.4 Å². The van der Waals surface area contributed by atoms with Crippen LogP contribution in [-0.2, 0) is 6.18 Å². The van der Waals surface area contributed by atoms with Crippen LogP contribution in [0, 0.1) is 0 Å². The Bertz CT molecular complexity index is 1270. The second kappa shape index (κ2) is 6.78. The van der Waals surface area contributed by atoms with Crippen molar-refractivity contribution in [2.24, 2.45) is 0 Å². The first kappa shape index (κ1) is 18.8. The van der Waals surface area contributed by atoms with Crippen LogP contribution in [0.2, 0.25) is 5.02 Å². The number of nitrogens with zero attached hydrogens (tertiary/aromatic N) is 5. The van der Waals surface area contributed by atoms with E-state index in [1.807, 2.05) is 6.92 Å². The van der Waals surface area contributed by atoms with E-state index in [0.717, 1.165) is 22.5 Å². The van der Waals surface area contributed by atoms with Gasteiger partial charge in [-0.3, -0.25) is 9.36 Å². The maximum absolute atomic E-state index is 13.1. The summed E-state index contributed by atoms with van der Waals surface area (Å²) < 4.78 is 42.0. The molecule has 3 heterocycles. The molecule has 6 nitrogen and oxygen atoms in total. The van der Waals surface area contributed by atoms with E-state index >= 15 is 0 Å². The Morgan fingerprint density at radius 3 is 2.75 bits per heavy atom. The van der Waals surface area contributed by atoms with E-state index in [-0.39, 0.29) is 11.1 Å². The van der Waals surface area contributed by atoms with Crippen LogP contribution in [0.15, 0.2) is 46.6 Å². The quantitative estimate of drug-likeness (QED) is 0.460. The Kier molecular flexibility index (Phi) is 4.54. The van der Waals surface area contributed by atoms with Crippen molar-refractivity contribution in [1.82, 2.24) is 24.1 Å². The summed E-state index contributed by atoms with van der Waals surface area (Å²) in [6.07, 6.45) is -1.89. The molecule has 1 aromatic carbocycles. The van der Waals surface area contributed by atoms with Gasteiger partial charge in [-0.2, -0.15) is 22.7 Å². The summed E-state index contributed by atoms with van der Waals surface area (Å²) in [6.45, 7) is 1.96. The van der Waals surface area contributed by atoms with Gasteiger partial charge in [-0.05, 0) is 30.0 Å². The topological polar surface area (TPSA) is 65.1 Å². The van der Waals surface area contributed by atoms with Crippen molar-refractivity contribution in [3.63, 3.8) is 0 Å². The molecule has 4 rings (SSSR count). The minimum Gasteiger partial charge on any atom is -0.284 e. The lowest BCUT2D eigenvalue weighted by Crippen LogP contribution is -2.19. The fourth-order valence-corrected chi connectivity index (χ4v) is 3.54. The Morgan fingerprint density at radius 1 is 1.25 bits per heavy atom. The van der Waals surface area contributed by atoms with Crippen molar-refractivity contribution in [3.8, 4) is 5.69 Å². The van der Waals surface area contributed by atoms with Gasteiger partial charge in [-0.1, -0.05) is 30.3 Å². The molecule has 0 saturated heterocycles. The first-order valence-electron chi connectivity index (χ1n) is 8.06. The van der Waals surface area contributed by atoms with Gasteiger partial charge in [0, 0.05) is 18.1 Å². The number of aromatic nitrogens is 5.